The van der Waals surface area contributed by atoms with Crippen LogP contribution in [0.25, 0.3) is 0 Å². The largest absolute Gasteiger partial charge is 0.460 e. The number of carbonyl (C=O) groups is 1. The van der Waals surface area contributed by atoms with E-state index >= 15 is 0 Å². The molecule has 0 fully saturated rings. The fraction of sp³-hybridized carbons (Fsp3) is 0.235. The Hall–Kier alpha value is -1.26. The van der Waals surface area contributed by atoms with Gasteiger partial charge < -0.3 is 4.74 Å². The van der Waals surface area contributed by atoms with Crippen LogP contribution in [0.15, 0.2) is 64.0 Å². The van der Waals surface area contributed by atoms with Gasteiger partial charge in [-0.25, -0.2) is 0 Å². The van der Waals surface area contributed by atoms with Gasteiger partial charge in [0.15, 0.2) is 0 Å². The van der Waals surface area contributed by atoms with Crippen LogP contribution in [0.4, 0.5) is 0 Å². The molecule has 0 amide bonds. The van der Waals surface area contributed by atoms with E-state index in [1.807, 2.05) is 68.4 Å². The molecule has 0 saturated carbocycles. The number of carbonyl (C=O) groups excluding carboxylic acids is 1. The van der Waals surface area contributed by atoms with Gasteiger partial charge in [0.2, 0.25) is 0 Å². The van der Waals surface area contributed by atoms with Crippen molar-refractivity contribution in [3.63, 3.8) is 0 Å². The van der Waals surface area contributed by atoms with E-state index in [1.165, 1.54) is 11.8 Å². The Labute approximate surface area is 139 Å². The molecule has 0 atom stereocenters. The summed E-state index contributed by atoms with van der Waals surface area (Å²) in [5.41, 5.74) is 1.00. The van der Waals surface area contributed by atoms with Crippen LogP contribution in [-0.2, 0) is 16.1 Å². The van der Waals surface area contributed by atoms with Gasteiger partial charge in [-0.2, -0.15) is 0 Å². The number of halogens is 1. The van der Waals surface area contributed by atoms with Crippen molar-refractivity contribution in [3.05, 3.63) is 64.6 Å². The number of hydrogen-bond acceptors (Lipinski definition) is 3. The van der Waals surface area contributed by atoms with Crippen LogP contribution < -0.4 is 0 Å². The minimum absolute atomic E-state index is 0.200. The topological polar surface area (TPSA) is 26.3 Å². The van der Waals surface area contributed by atoms with Crippen LogP contribution in [0.5, 0.6) is 0 Å². The lowest BCUT2D eigenvalue weighted by atomic mass is 10.2. The molecule has 0 heterocycles. The molecule has 112 valence electrons. The third-order valence-corrected chi connectivity index (χ3v) is 3.86. The van der Waals surface area contributed by atoms with Crippen molar-refractivity contribution >= 4 is 33.7 Å². The van der Waals surface area contributed by atoms with Gasteiger partial charge in [0, 0.05) is 9.37 Å². The maximum Gasteiger partial charge on any atom is 0.316 e. The normalized spacial score (nSPS) is 9.48. The summed E-state index contributed by atoms with van der Waals surface area (Å²) >= 11 is 4.87. The Morgan fingerprint density at radius 2 is 1.81 bits per heavy atom. The van der Waals surface area contributed by atoms with Crippen LogP contribution in [0.3, 0.4) is 0 Å². The van der Waals surface area contributed by atoms with Crippen LogP contribution in [-0.4, -0.2) is 11.7 Å². The van der Waals surface area contributed by atoms with Gasteiger partial charge in [-0.3, -0.25) is 4.79 Å². The van der Waals surface area contributed by atoms with E-state index < -0.39 is 0 Å². The molecule has 0 spiro atoms. The number of thioether (sulfide) groups is 1. The first-order valence-corrected chi connectivity index (χ1v) is 8.60. The van der Waals surface area contributed by atoms with Crippen molar-refractivity contribution in [2.45, 2.75) is 25.3 Å². The lowest BCUT2D eigenvalue weighted by molar-refractivity contribution is -0.141. The van der Waals surface area contributed by atoms with Gasteiger partial charge in [-0.1, -0.05) is 66.2 Å². The molecule has 0 aliphatic rings. The Bertz CT molecular complexity index is 543. The molecule has 0 radical (unpaired) electrons. The molecule has 4 heteroatoms. The predicted molar refractivity (Wildman–Crippen MR) is 92.5 cm³/mol. The first-order chi connectivity index (χ1) is 10.2. The highest BCUT2D eigenvalue weighted by atomic mass is 79.9. The Morgan fingerprint density at radius 3 is 2.48 bits per heavy atom. The number of ether oxygens (including phenoxy) is 1. The maximum absolute atomic E-state index is 11.6. The third-order valence-electron chi connectivity index (χ3n) is 2.40. The number of benzene rings is 2. The zero-order valence-electron chi connectivity index (χ0n) is 12.2. The van der Waals surface area contributed by atoms with Crippen molar-refractivity contribution < 1.29 is 9.53 Å². The molecule has 2 aromatic carbocycles. The highest BCUT2D eigenvalue weighted by Gasteiger charge is 2.05. The van der Waals surface area contributed by atoms with E-state index in [2.05, 4.69) is 15.9 Å². The van der Waals surface area contributed by atoms with Crippen molar-refractivity contribution in [1.82, 2.24) is 0 Å². The predicted octanol–water partition coefficient (Wildman–Crippen LogP) is 5.31. The highest BCUT2D eigenvalue weighted by Crippen LogP contribution is 2.22. The van der Waals surface area contributed by atoms with Crippen LogP contribution in [0.1, 0.15) is 19.4 Å². The number of esters is 1. The summed E-state index contributed by atoms with van der Waals surface area (Å²) in [5.74, 6) is 0.123. The van der Waals surface area contributed by atoms with Gasteiger partial charge >= 0.3 is 5.97 Å². The van der Waals surface area contributed by atoms with Gasteiger partial charge in [0.1, 0.15) is 6.61 Å². The lowest BCUT2D eigenvalue weighted by Gasteiger charge is -2.05. The smallest absolute Gasteiger partial charge is 0.316 e. The molecular weight excluding hydrogens is 348 g/mol. The fourth-order valence-electron chi connectivity index (χ4n) is 1.48. The van der Waals surface area contributed by atoms with Crippen molar-refractivity contribution in [3.8, 4) is 0 Å². The Kier molecular flexibility index (Phi) is 8.87. The average Bonchev–Trinajstić information content (AvgIpc) is 2.54. The SMILES string of the molecule is CC.O=C(CSc1cccc(Br)c1)OCc1ccccc1. The summed E-state index contributed by atoms with van der Waals surface area (Å²) in [4.78, 5) is 12.7. The summed E-state index contributed by atoms with van der Waals surface area (Å²) in [6.07, 6.45) is 0. The van der Waals surface area contributed by atoms with Gasteiger partial charge in [-0.15, -0.1) is 11.8 Å². The minimum Gasteiger partial charge on any atom is -0.460 e. The fourth-order valence-corrected chi connectivity index (χ4v) is 2.78. The van der Waals surface area contributed by atoms with E-state index in [4.69, 9.17) is 4.74 Å². The molecule has 0 aromatic heterocycles. The van der Waals surface area contributed by atoms with Crippen molar-refractivity contribution in [1.29, 1.82) is 0 Å². The third kappa shape index (κ3) is 7.34. The second-order valence-corrected chi connectivity index (χ2v) is 5.86. The second-order valence-electron chi connectivity index (χ2n) is 3.89. The molecule has 0 bridgehead atoms. The molecule has 0 unspecified atom stereocenters. The molecule has 2 aromatic rings. The van der Waals surface area contributed by atoms with E-state index in [0.717, 1.165) is 14.9 Å². The van der Waals surface area contributed by atoms with E-state index in [9.17, 15) is 4.79 Å². The second kappa shape index (κ2) is 10.5. The van der Waals surface area contributed by atoms with Crippen molar-refractivity contribution in [2.75, 3.05) is 5.75 Å². The molecule has 0 saturated heterocycles. The highest BCUT2D eigenvalue weighted by molar-refractivity contribution is 9.10. The Morgan fingerprint density at radius 1 is 1.10 bits per heavy atom. The summed E-state index contributed by atoms with van der Waals surface area (Å²) in [6.45, 7) is 4.33. The average molecular weight is 367 g/mol. The first kappa shape index (κ1) is 17.8. The summed E-state index contributed by atoms with van der Waals surface area (Å²) in [6, 6.07) is 17.5. The maximum atomic E-state index is 11.6. The van der Waals surface area contributed by atoms with E-state index in [0.29, 0.717) is 12.4 Å². The molecule has 0 N–H and O–H groups in total. The minimum atomic E-state index is -0.200. The summed E-state index contributed by atoms with van der Waals surface area (Å²) in [5, 5.41) is 0. The zero-order valence-corrected chi connectivity index (χ0v) is 14.6. The van der Waals surface area contributed by atoms with Gasteiger partial charge in [0.05, 0.1) is 5.75 Å². The molecule has 0 aliphatic carbocycles. The molecule has 2 rings (SSSR count). The molecule has 2 nitrogen and oxygen atoms in total. The zero-order chi connectivity index (χ0) is 15.5. The Balaban J connectivity index is 0.00000106. The molecule has 0 aliphatic heterocycles. The van der Waals surface area contributed by atoms with Crippen LogP contribution in [0.2, 0.25) is 0 Å². The van der Waals surface area contributed by atoms with Crippen molar-refractivity contribution in [2.24, 2.45) is 0 Å². The molecule has 21 heavy (non-hydrogen) atoms. The molecular formula is C17H19BrO2S. The van der Waals surface area contributed by atoms with Gasteiger partial charge in [-0.05, 0) is 23.8 Å². The number of rotatable bonds is 5. The number of hydrogen-bond donors (Lipinski definition) is 0. The summed E-state index contributed by atoms with van der Waals surface area (Å²) in [7, 11) is 0. The first-order valence-electron chi connectivity index (χ1n) is 6.82. The van der Waals surface area contributed by atoms with Gasteiger partial charge in [0.25, 0.3) is 0 Å². The van der Waals surface area contributed by atoms with Crippen LogP contribution in [0, 0.1) is 0 Å². The monoisotopic (exact) mass is 366 g/mol. The van der Waals surface area contributed by atoms with Crippen LogP contribution >= 0.6 is 27.7 Å². The lowest BCUT2D eigenvalue weighted by Crippen LogP contribution is -2.07. The standard InChI is InChI=1S/C15H13BrO2S.C2H6/c16-13-7-4-8-14(9-13)19-11-15(17)18-10-12-5-2-1-3-6-12;1-2/h1-9H,10-11H2;1-2H3. The van der Waals surface area contributed by atoms with E-state index in [-0.39, 0.29) is 5.97 Å². The quantitative estimate of drug-likeness (QED) is 0.529. The summed E-state index contributed by atoms with van der Waals surface area (Å²) < 4.78 is 6.22. The van der Waals surface area contributed by atoms with E-state index in [1.54, 1.807) is 0 Å².